The molecule has 2 heterocycles. The molecule has 3 rings (SSSR count). The third-order valence-corrected chi connectivity index (χ3v) is 4.60. The zero-order valence-corrected chi connectivity index (χ0v) is 16.1. The highest BCUT2D eigenvalue weighted by atomic mass is 16.5. The maximum Gasteiger partial charge on any atom is 0.331 e. The van der Waals surface area contributed by atoms with E-state index in [4.69, 9.17) is 4.74 Å². The Balaban J connectivity index is 2.32. The number of carbonyl (C=O) groups excluding carboxylic acids is 3. The average Bonchev–Trinajstić information content (AvgIpc) is 3.08. The van der Waals surface area contributed by atoms with Gasteiger partial charge in [0, 0.05) is 17.3 Å². The van der Waals surface area contributed by atoms with Crippen LogP contribution in [0.4, 0.5) is 5.82 Å². The summed E-state index contributed by atoms with van der Waals surface area (Å²) in [4.78, 5) is 38.1. The van der Waals surface area contributed by atoms with Gasteiger partial charge >= 0.3 is 5.97 Å². The van der Waals surface area contributed by atoms with Crippen LogP contribution in [0, 0.1) is 0 Å². The molecule has 28 heavy (non-hydrogen) atoms. The number of hydrogen-bond donors (Lipinski definition) is 0. The summed E-state index contributed by atoms with van der Waals surface area (Å²) in [7, 11) is 0. The molecule has 0 radical (unpaired) electrons. The zero-order chi connectivity index (χ0) is 20.3. The Morgan fingerprint density at radius 1 is 1.11 bits per heavy atom. The van der Waals surface area contributed by atoms with E-state index in [0.717, 1.165) is 16.6 Å². The van der Waals surface area contributed by atoms with Crippen molar-refractivity contribution in [3.05, 3.63) is 60.8 Å². The Morgan fingerprint density at radius 2 is 1.79 bits per heavy atom. The van der Waals surface area contributed by atoms with E-state index in [1.807, 2.05) is 54.6 Å². The normalized spacial score (nSPS) is 11.2. The van der Waals surface area contributed by atoms with Crippen molar-refractivity contribution in [2.75, 3.05) is 11.5 Å². The number of carbonyl (C=O) groups is 3. The van der Waals surface area contributed by atoms with Crippen molar-refractivity contribution >= 4 is 29.5 Å². The number of pyridine rings is 1. The Kier molecular flexibility index (Phi) is 5.31. The van der Waals surface area contributed by atoms with E-state index in [-0.39, 0.29) is 12.9 Å². The number of amides is 1. The highest BCUT2D eigenvalue weighted by molar-refractivity contribution is 6.32. The lowest BCUT2D eigenvalue weighted by atomic mass is 10.0. The van der Waals surface area contributed by atoms with Crippen LogP contribution < -0.4 is 4.90 Å². The van der Waals surface area contributed by atoms with Gasteiger partial charge in [-0.05, 0) is 44.5 Å². The number of rotatable bonds is 6. The molecule has 0 aliphatic carbocycles. The van der Waals surface area contributed by atoms with Gasteiger partial charge in [0.15, 0.2) is 0 Å². The molecule has 0 atom stereocenters. The molecule has 0 saturated heterocycles. The average molecular weight is 378 g/mol. The molecule has 0 aliphatic heterocycles. The van der Waals surface area contributed by atoms with E-state index < -0.39 is 17.4 Å². The number of esters is 1. The topological polar surface area (TPSA) is 68.1 Å². The molecule has 0 spiro atoms. The second-order valence-corrected chi connectivity index (χ2v) is 6.81. The van der Waals surface area contributed by atoms with Crippen LogP contribution in [0.25, 0.3) is 16.6 Å². The number of anilines is 1. The van der Waals surface area contributed by atoms with E-state index in [1.54, 1.807) is 31.4 Å². The van der Waals surface area contributed by atoms with Crippen molar-refractivity contribution in [2.45, 2.75) is 26.3 Å². The predicted octanol–water partition coefficient (Wildman–Crippen LogP) is 3.48. The summed E-state index contributed by atoms with van der Waals surface area (Å²) in [6.45, 7) is 5.01. The first kappa shape index (κ1) is 19.4. The van der Waals surface area contributed by atoms with Crippen LogP contribution in [-0.4, -0.2) is 34.7 Å². The van der Waals surface area contributed by atoms with Gasteiger partial charge in [0.2, 0.25) is 6.29 Å². The highest BCUT2D eigenvalue weighted by Crippen LogP contribution is 2.38. The van der Waals surface area contributed by atoms with Crippen molar-refractivity contribution < 1.29 is 19.1 Å². The monoisotopic (exact) mass is 378 g/mol. The number of nitrogens with zero attached hydrogens (tertiary/aromatic N) is 2. The third kappa shape index (κ3) is 3.29. The molecule has 0 N–H and O–H groups in total. The van der Waals surface area contributed by atoms with Gasteiger partial charge in [-0.15, -0.1) is 0 Å². The molecule has 144 valence electrons. The first-order valence-corrected chi connectivity index (χ1v) is 9.04. The molecular weight excluding hydrogens is 356 g/mol. The SMILES string of the molecule is CCOC(=O)C(C)(C)N(C(=O)C=O)c1c(-c2ccccc2)cc2ccccn12. The summed E-state index contributed by atoms with van der Waals surface area (Å²) in [5.74, 6) is -0.967. The molecule has 3 aromatic rings. The van der Waals surface area contributed by atoms with Gasteiger partial charge in [0.05, 0.1) is 6.61 Å². The van der Waals surface area contributed by atoms with Gasteiger partial charge in [-0.2, -0.15) is 0 Å². The Hall–Kier alpha value is -3.41. The lowest BCUT2D eigenvalue weighted by Gasteiger charge is -2.35. The lowest BCUT2D eigenvalue weighted by Crippen LogP contribution is -2.55. The lowest BCUT2D eigenvalue weighted by molar-refractivity contribution is -0.150. The first-order valence-electron chi connectivity index (χ1n) is 9.04. The van der Waals surface area contributed by atoms with Gasteiger partial charge in [-0.25, -0.2) is 4.79 Å². The quantitative estimate of drug-likeness (QED) is 0.374. The predicted molar refractivity (Wildman–Crippen MR) is 107 cm³/mol. The third-order valence-electron chi connectivity index (χ3n) is 4.60. The summed E-state index contributed by atoms with van der Waals surface area (Å²) in [5, 5.41) is 0. The van der Waals surface area contributed by atoms with Crippen molar-refractivity contribution in [3.8, 4) is 11.1 Å². The van der Waals surface area contributed by atoms with Crippen LogP contribution in [0.1, 0.15) is 20.8 Å². The van der Waals surface area contributed by atoms with Crippen molar-refractivity contribution in [1.82, 2.24) is 4.40 Å². The number of ether oxygens (including phenoxy) is 1. The van der Waals surface area contributed by atoms with Gasteiger partial charge < -0.3 is 9.14 Å². The van der Waals surface area contributed by atoms with Crippen molar-refractivity contribution in [2.24, 2.45) is 0 Å². The molecule has 1 aromatic carbocycles. The summed E-state index contributed by atoms with van der Waals surface area (Å²) < 4.78 is 6.98. The fourth-order valence-corrected chi connectivity index (χ4v) is 3.26. The number of aromatic nitrogens is 1. The summed E-state index contributed by atoms with van der Waals surface area (Å²) >= 11 is 0. The van der Waals surface area contributed by atoms with Crippen LogP contribution in [-0.2, 0) is 19.1 Å². The molecule has 0 fully saturated rings. The molecular formula is C22H22N2O4. The zero-order valence-electron chi connectivity index (χ0n) is 16.1. The van der Waals surface area contributed by atoms with E-state index in [0.29, 0.717) is 5.82 Å². The fraction of sp³-hybridized carbons (Fsp3) is 0.227. The molecule has 0 unspecified atom stereocenters. The Bertz CT molecular complexity index is 1020. The van der Waals surface area contributed by atoms with Crippen LogP contribution in [0.2, 0.25) is 0 Å². The number of hydrogen-bond acceptors (Lipinski definition) is 4. The fourth-order valence-electron chi connectivity index (χ4n) is 3.26. The molecule has 0 bridgehead atoms. The summed E-state index contributed by atoms with van der Waals surface area (Å²) in [6, 6.07) is 17.1. The van der Waals surface area contributed by atoms with Crippen molar-refractivity contribution in [3.63, 3.8) is 0 Å². The maximum atomic E-state index is 12.7. The maximum absolute atomic E-state index is 12.7. The number of aldehydes is 1. The second-order valence-electron chi connectivity index (χ2n) is 6.81. The van der Waals surface area contributed by atoms with Gasteiger partial charge in [-0.3, -0.25) is 14.5 Å². The minimum atomic E-state index is -1.39. The van der Waals surface area contributed by atoms with Crippen LogP contribution >= 0.6 is 0 Å². The van der Waals surface area contributed by atoms with Crippen LogP contribution in [0.15, 0.2) is 60.8 Å². The van der Waals surface area contributed by atoms with Crippen LogP contribution in [0.5, 0.6) is 0 Å². The standard InChI is InChI=1S/C22H22N2O4/c1-4-28-21(27)22(2,3)24(19(26)15-25)20-18(16-10-6-5-7-11-16)14-17-12-8-9-13-23(17)20/h5-15H,4H2,1-3H3. The Morgan fingerprint density at radius 3 is 2.43 bits per heavy atom. The van der Waals surface area contributed by atoms with E-state index in [1.165, 1.54) is 4.90 Å². The van der Waals surface area contributed by atoms with Gasteiger partial charge in [0.25, 0.3) is 5.91 Å². The van der Waals surface area contributed by atoms with E-state index >= 15 is 0 Å². The minimum Gasteiger partial charge on any atom is -0.464 e. The molecule has 0 aliphatic rings. The van der Waals surface area contributed by atoms with E-state index in [2.05, 4.69) is 0 Å². The van der Waals surface area contributed by atoms with E-state index in [9.17, 15) is 14.4 Å². The van der Waals surface area contributed by atoms with Crippen LogP contribution in [0.3, 0.4) is 0 Å². The van der Waals surface area contributed by atoms with Crippen molar-refractivity contribution in [1.29, 1.82) is 0 Å². The minimum absolute atomic E-state index is 0.172. The number of benzene rings is 1. The summed E-state index contributed by atoms with van der Waals surface area (Å²) in [6.07, 6.45) is 2.02. The molecule has 1 amide bonds. The van der Waals surface area contributed by atoms with Gasteiger partial charge in [0.1, 0.15) is 11.4 Å². The molecule has 2 aromatic heterocycles. The number of fused-ring (bicyclic) bond motifs is 1. The van der Waals surface area contributed by atoms with Gasteiger partial charge in [-0.1, -0.05) is 36.4 Å². The largest absolute Gasteiger partial charge is 0.464 e. The highest BCUT2D eigenvalue weighted by Gasteiger charge is 2.42. The first-order chi connectivity index (χ1) is 13.4. The molecule has 6 heteroatoms. The second kappa shape index (κ2) is 7.68. The Labute approximate surface area is 163 Å². The molecule has 6 nitrogen and oxygen atoms in total. The smallest absolute Gasteiger partial charge is 0.331 e. The molecule has 0 saturated carbocycles. The summed E-state index contributed by atoms with van der Waals surface area (Å²) in [5.41, 5.74) is 1.05.